The summed E-state index contributed by atoms with van der Waals surface area (Å²) in [7, 11) is 0. The molecule has 4 heterocycles. The molecule has 0 aliphatic carbocycles. The number of pyridine rings is 1. The minimum atomic E-state index is -4.79. The molecule has 5 rings (SSSR count). The molecule has 3 N–H and O–H groups in total. The van der Waals surface area contributed by atoms with Gasteiger partial charge in [-0.25, -0.2) is 23.3 Å². The predicted molar refractivity (Wildman–Crippen MR) is 129 cm³/mol. The summed E-state index contributed by atoms with van der Waals surface area (Å²) in [5.74, 6) is -1.90. The average Bonchev–Trinajstić information content (AvgIpc) is 3.44. The Balaban J connectivity index is 1.72. The molecule has 38 heavy (non-hydrogen) atoms. The van der Waals surface area contributed by atoms with Crippen LogP contribution in [0.3, 0.4) is 0 Å². The zero-order chi connectivity index (χ0) is 27.4. The van der Waals surface area contributed by atoms with Crippen molar-refractivity contribution in [1.82, 2.24) is 19.6 Å². The summed E-state index contributed by atoms with van der Waals surface area (Å²) < 4.78 is 68.8. The molecule has 8 nitrogen and oxygen atoms in total. The minimum Gasteiger partial charge on any atom is -0.365 e. The van der Waals surface area contributed by atoms with E-state index < -0.39 is 35.8 Å². The SMILES string of the molecule is Cc1cc(C(F)F)n2ncc(C(=O)Nc3c(C(N)=O)sc4nc(C(F)(F)F)cc(-c5ccccc5)c34)c2n1. The molecule has 0 saturated heterocycles. The fourth-order valence-corrected chi connectivity index (χ4v) is 5.00. The number of carbonyl (C=O) groups excluding carboxylic acids is 2. The first-order valence-corrected chi connectivity index (χ1v) is 11.6. The number of aryl methyl sites for hydroxylation is 1. The Kier molecular flexibility index (Phi) is 6.06. The minimum absolute atomic E-state index is 0.0517. The normalized spacial score (nSPS) is 12.0. The fraction of sp³-hybridized carbons (Fsp3) is 0.125. The van der Waals surface area contributed by atoms with Gasteiger partial charge in [-0.2, -0.15) is 18.3 Å². The highest BCUT2D eigenvalue weighted by molar-refractivity contribution is 7.21. The van der Waals surface area contributed by atoms with Crippen molar-refractivity contribution in [3.8, 4) is 11.1 Å². The number of amides is 2. The molecule has 194 valence electrons. The van der Waals surface area contributed by atoms with E-state index in [0.717, 1.165) is 22.8 Å². The Hall–Kier alpha value is -4.46. The molecule has 0 saturated carbocycles. The van der Waals surface area contributed by atoms with Crippen molar-refractivity contribution < 1.29 is 31.5 Å². The largest absolute Gasteiger partial charge is 0.433 e. The number of nitrogens with one attached hydrogen (secondary N) is 1. The van der Waals surface area contributed by atoms with Crippen LogP contribution >= 0.6 is 11.3 Å². The van der Waals surface area contributed by atoms with Crippen molar-refractivity contribution in [2.24, 2.45) is 5.73 Å². The highest BCUT2D eigenvalue weighted by Crippen LogP contribution is 2.43. The Bertz CT molecular complexity index is 1730. The van der Waals surface area contributed by atoms with Crippen LogP contribution in [0.1, 0.15) is 43.5 Å². The Morgan fingerprint density at radius 2 is 1.82 bits per heavy atom. The van der Waals surface area contributed by atoms with Crippen LogP contribution in [0.2, 0.25) is 0 Å². The van der Waals surface area contributed by atoms with Crippen molar-refractivity contribution in [2.75, 3.05) is 5.32 Å². The number of nitrogens with two attached hydrogens (primary N) is 1. The monoisotopic (exact) mass is 546 g/mol. The van der Waals surface area contributed by atoms with Gasteiger partial charge in [0, 0.05) is 11.1 Å². The van der Waals surface area contributed by atoms with E-state index in [0.29, 0.717) is 16.9 Å². The second-order valence-electron chi connectivity index (χ2n) is 8.14. The van der Waals surface area contributed by atoms with Crippen molar-refractivity contribution >= 4 is 44.7 Å². The number of carbonyl (C=O) groups is 2. The van der Waals surface area contributed by atoms with E-state index in [2.05, 4.69) is 20.4 Å². The smallest absolute Gasteiger partial charge is 0.365 e. The van der Waals surface area contributed by atoms with Gasteiger partial charge in [0.1, 0.15) is 26.7 Å². The molecule has 2 amide bonds. The van der Waals surface area contributed by atoms with Crippen LogP contribution in [0.5, 0.6) is 0 Å². The lowest BCUT2D eigenvalue weighted by atomic mass is 10.0. The van der Waals surface area contributed by atoms with E-state index in [-0.39, 0.29) is 43.2 Å². The van der Waals surface area contributed by atoms with Gasteiger partial charge in [0.2, 0.25) is 0 Å². The maximum Gasteiger partial charge on any atom is 0.433 e. The number of aromatic nitrogens is 4. The van der Waals surface area contributed by atoms with Gasteiger partial charge in [-0.05, 0) is 30.2 Å². The summed E-state index contributed by atoms with van der Waals surface area (Å²) in [5, 5.41) is 6.42. The van der Waals surface area contributed by atoms with Gasteiger partial charge >= 0.3 is 6.18 Å². The Morgan fingerprint density at radius 1 is 1.11 bits per heavy atom. The number of fused-ring (bicyclic) bond motifs is 2. The Labute approximate surface area is 213 Å². The summed E-state index contributed by atoms with van der Waals surface area (Å²) in [4.78, 5) is 33.0. The van der Waals surface area contributed by atoms with Crippen molar-refractivity contribution in [2.45, 2.75) is 19.5 Å². The van der Waals surface area contributed by atoms with Gasteiger partial charge in [-0.3, -0.25) is 9.59 Å². The van der Waals surface area contributed by atoms with Gasteiger partial charge < -0.3 is 11.1 Å². The second kappa shape index (κ2) is 9.13. The summed E-state index contributed by atoms with van der Waals surface area (Å²) in [6.45, 7) is 1.47. The lowest BCUT2D eigenvalue weighted by Crippen LogP contribution is -2.17. The van der Waals surface area contributed by atoms with Gasteiger partial charge in [0.15, 0.2) is 5.65 Å². The van der Waals surface area contributed by atoms with E-state index in [4.69, 9.17) is 5.73 Å². The van der Waals surface area contributed by atoms with Crippen molar-refractivity contribution in [3.63, 3.8) is 0 Å². The molecule has 0 aliphatic rings. The zero-order valence-corrected chi connectivity index (χ0v) is 20.0. The van der Waals surface area contributed by atoms with Gasteiger partial charge in [-0.1, -0.05) is 30.3 Å². The first kappa shape index (κ1) is 25.2. The van der Waals surface area contributed by atoms with E-state index >= 15 is 0 Å². The number of primary amides is 1. The third kappa shape index (κ3) is 4.32. The quantitative estimate of drug-likeness (QED) is 0.278. The van der Waals surface area contributed by atoms with Crippen LogP contribution in [-0.4, -0.2) is 31.4 Å². The van der Waals surface area contributed by atoms with E-state index in [1.807, 2.05) is 0 Å². The third-order valence-electron chi connectivity index (χ3n) is 5.60. The van der Waals surface area contributed by atoms with Crippen molar-refractivity contribution in [1.29, 1.82) is 0 Å². The molecular formula is C24H15F5N6O2S. The van der Waals surface area contributed by atoms with Crippen LogP contribution in [0, 0.1) is 6.92 Å². The highest BCUT2D eigenvalue weighted by Gasteiger charge is 2.35. The molecule has 14 heteroatoms. The van der Waals surface area contributed by atoms with Gasteiger partial charge in [0.25, 0.3) is 18.2 Å². The first-order chi connectivity index (χ1) is 18.0. The maximum absolute atomic E-state index is 13.7. The number of hydrogen-bond acceptors (Lipinski definition) is 6. The third-order valence-corrected chi connectivity index (χ3v) is 6.69. The number of halogens is 5. The number of anilines is 1. The van der Waals surface area contributed by atoms with Crippen LogP contribution < -0.4 is 11.1 Å². The summed E-state index contributed by atoms with van der Waals surface area (Å²) in [5.41, 5.74) is 3.92. The number of rotatable bonds is 5. The summed E-state index contributed by atoms with van der Waals surface area (Å²) in [6.07, 6.45) is -6.67. The maximum atomic E-state index is 13.7. The lowest BCUT2D eigenvalue weighted by molar-refractivity contribution is -0.140. The number of nitrogens with zero attached hydrogens (tertiary/aromatic N) is 4. The summed E-state index contributed by atoms with van der Waals surface area (Å²) >= 11 is 0.587. The van der Waals surface area contributed by atoms with E-state index in [9.17, 15) is 31.5 Å². The van der Waals surface area contributed by atoms with E-state index in [1.165, 1.54) is 6.92 Å². The van der Waals surface area contributed by atoms with Crippen molar-refractivity contribution in [3.05, 3.63) is 76.2 Å². The number of alkyl halides is 5. The fourth-order valence-electron chi connectivity index (χ4n) is 3.99. The number of hydrogen-bond donors (Lipinski definition) is 2. The highest BCUT2D eigenvalue weighted by atomic mass is 32.1. The molecule has 0 spiro atoms. The zero-order valence-electron chi connectivity index (χ0n) is 19.2. The van der Waals surface area contributed by atoms with Gasteiger partial charge in [-0.15, -0.1) is 11.3 Å². The number of thiophene rings is 1. The standard InChI is InChI=1S/C24H15F5N6O2S/c1-10-7-14(19(25)26)35-21(32-10)13(9-31-35)22(37)34-17-16-12(11-5-3-2-4-6-11)8-15(24(27,28)29)33-23(16)38-18(17)20(30)36/h2-9,19H,1H3,(H2,30,36)(H,34,37). The average molecular weight is 546 g/mol. The van der Waals surface area contributed by atoms with Crippen LogP contribution in [-0.2, 0) is 6.18 Å². The first-order valence-electron chi connectivity index (χ1n) is 10.8. The second-order valence-corrected chi connectivity index (χ2v) is 9.14. The molecule has 4 aromatic heterocycles. The molecule has 0 bridgehead atoms. The number of benzene rings is 1. The molecule has 0 atom stereocenters. The predicted octanol–water partition coefficient (Wildman–Crippen LogP) is 5.62. The molecule has 0 aliphatic heterocycles. The Morgan fingerprint density at radius 3 is 2.45 bits per heavy atom. The van der Waals surface area contributed by atoms with Gasteiger partial charge in [0.05, 0.1) is 11.9 Å². The lowest BCUT2D eigenvalue weighted by Gasteiger charge is -2.12. The molecule has 0 unspecified atom stereocenters. The topological polar surface area (TPSA) is 115 Å². The molecule has 0 radical (unpaired) electrons. The summed E-state index contributed by atoms with van der Waals surface area (Å²) in [6, 6.07) is 9.97. The molecule has 0 fully saturated rings. The molecule has 5 aromatic rings. The molecule has 1 aromatic carbocycles. The van der Waals surface area contributed by atoms with E-state index in [1.54, 1.807) is 30.3 Å². The van der Waals surface area contributed by atoms with Crippen LogP contribution in [0.25, 0.3) is 27.0 Å². The molecular weight excluding hydrogens is 531 g/mol. The van der Waals surface area contributed by atoms with Crippen LogP contribution in [0.15, 0.2) is 48.7 Å². The van der Waals surface area contributed by atoms with Crippen LogP contribution in [0.4, 0.5) is 27.6 Å².